The van der Waals surface area contributed by atoms with Gasteiger partial charge in [-0.3, -0.25) is 4.79 Å². The molecule has 112 valence electrons. The Morgan fingerprint density at radius 3 is 2.76 bits per heavy atom. The van der Waals surface area contributed by atoms with Crippen molar-refractivity contribution in [3.63, 3.8) is 0 Å². The number of carbonyl (C=O) groups is 1. The topological polar surface area (TPSA) is 88.6 Å². The van der Waals surface area contributed by atoms with E-state index in [1.807, 2.05) is 6.92 Å². The number of rotatable bonds is 6. The van der Waals surface area contributed by atoms with Gasteiger partial charge in [-0.25, -0.2) is 4.79 Å². The van der Waals surface area contributed by atoms with Crippen LogP contribution in [0.25, 0.3) is 10.9 Å². The van der Waals surface area contributed by atoms with Crippen LogP contribution in [0.1, 0.15) is 30.1 Å². The molecular formula is C15H17NO5. The van der Waals surface area contributed by atoms with Crippen LogP contribution < -0.4 is 15.0 Å². The van der Waals surface area contributed by atoms with Crippen molar-refractivity contribution in [2.75, 3.05) is 13.7 Å². The van der Waals surface area contributed by atoms with Crippen molar-refractivity contribution in [1.82, 2.24) is 4.98 Å². The minimum absolute atomic E-state index is 0.299. The molecule has 0 amide bonds. The monoisotopic (exact) mass is 291 g/mol. The Balaban J connectivity index is 2.60. The molecule has 21 heavy (non-hydrogen) atoms. The Labute approximate surface area is 121 Å². The molecule has 6 heteroatoms. The van der Waals surface area contributed by atoms with Gasteiger partial charge >= 0.3 is 5.97 Å². The SMILES string of the molecule is CCCCOc1c(OC)ccc2cc(C(=O)O)c(=O)[nH]c12. The van der Waals surface area contributed by atoms with Crippen molar-refractivity contribution in [3.05, 3.63) is 34.1 Å². The zero-order chi connectivity index (χ0) is 15.4. The molecule has 0 bridgehead atoms. The first-order valence-corrected chi connectivity index (χ1v) is 6.68. The molecule has 0 spiro atoms. The van der Waals surface area contributed by atoms with E-state index in [0.29, 0.717) is 29.0 Å². The highest BCUT2D eigenvalue weighted by Crippen LogP contribution is 2.34. The largest absolute Gasteiger partial charge is 0.493 e. The number of aromatic carboxylic acids is 1. The maximum atomic E-state index is 11.8. The maximum Gasteiger partial charge on any atom is 0.341 e. The zero-order valence-electron chi connectivity index (χ0n) is 11.9. The third kappa shape index (κ3) is 2.99. The number of hydrogen-bond donors (Lipinski definition) is 2. The molecule has 0 aliphatic carbocycles. The minimum atomic E-state index is -1.26. The first-order chi connectivity index (χ1) is 10.1. The highest BCUT2D eigenvalue weighted by molar-refractivity contribution is 5.94. The predicted octanol–water partition coefficient (Wildman–Crippen LogP) is 2.41. The molecule has 1 aromatic carbocycles. The predicted molar refractivity (Wildman–Crippen MR) is 78.5 cm³/mol. The quantitative estimate of drug-likeness (QED) is 0.798. The number of nitrogens with one attached hydrogen (secondary N) is 1. The molecule has 0 saturated heterocycles. The summed E-state index contributed by atoms with van der Waals surface area (Å²) in [6, 6.07) is 4.71. The van der Waals surface area contributed by atoms with Gasteiger partial charge < -0.3 is 19.6 Å². The van der Waals surface area contributed by atoms with Crippen molar-refractivity contribution < 1.29 is 19.4 Å². The third-order valence-corrected chi connectivity index (χ3v) is 3.13. The summed E-state index contributed by atoms with van der Waals surface area (Å²) in [5, 5.41) is 9.58. The fourth-order valence-electron chi connectivity index (χ4n) is 2.01. The van der Waals surface area contributed by atoms with Crippen LogP contribution in [-0.4, -0.2) is 29.8 Å². The molecule has 0 atom stereocenters. The Hall–Kier alpha value is -2.50. The van der Waals surface area contributed by atoms with E-state index in [9.17, 15) is 9.59 Å². The van der Waals surface area contributed by atoms with Crippen LogP contribution >= 0.6 is 0 Å². The summed E-state index contributed by atoms with van der Waals surface area (Å²) < 4.78 is 10.9. The van der Waals surface area contributed by atoms with E-state index in [-0.39, 0.29) is 5.56 Å². The molecule has 0 aliphatic rings. The number of benzene rings is 1. The highest BCUT2D eigenvalue weighted by Gasteiger charge is 2.15. The van der Waals surface area contributed by atoms with Crippen LogP contribution in [0, 0.1) is 0 Å². The van der Waals surface area contributed by atoms with Crippen LogP contribution in [0.3, 0.4) is 0 Å². The summed E-state index contributed by atoms with van der Waals surface area (Å²) in [5.41, 5.74) is -0.517. The number of ether oxygens (including phenoxy) is 2. The number of carboxylic acids is 1. The smallest absolute Gasteiger partial charge is 0.341 e. The minimum Gasteiger partial charge on any atom is -0.493 e. The van der Waals surface area contributed by atoms with E-state index >= 15 is 0 Å². The average Bonchev–Trinajstić information content (AvgIpc) is 2.46. The molecule has 2 N–H and O–H groups in total. The second-order valence-corrected chi connectivity index (χ2v) is 4.58. The maximum absolute atomic E-state index is 11.8. The third-order valence-electron chi connectivity index (χ3n) is 3.13. The number of unbranched alkanes of at least 4 members (excludes halogenated alkanes) is 1. The number of H-pyrrole nitrogens is 1. The molecule has 1 aromatic heterocycles. The van der Waals surface area contributed by atoms with Crippen LogP contribution in [0.15, 0.2) is 23.0 Å². The number of hydrogen-bond acceptors (Lipinski definition) is 4. The highest BCUT2D eigenvalue weighted by atomic mass is 16.5. The fourth-order valence-corrected chi connectivity index (χ4v) is 2.01. The molecule has 2 aromatic rings. The molecule has 0 fully saturated rings. The number of aromatic nitrogens is 1. The molecule has 0 unspecified atom stereocenters. The van der Waals surface area contributed by atoms with Gasteiger partial charge in [-0.2, -0.15) is 0 Å². The van der Waals surface area contributed by atoms with Crippen molar-refractivity contribution in [2.45, 2.75) is 19.8 Å². The fraction of sp³-hybridized carbons (Fsp3) is 0.333. The van der Waals surface area contributed by atoms with Gasteiger partial charge in [-0.15, -0.1) is 0 Å². The molecule has 2 rings (SSSR count). The summed E-state index contributed by atoms with van der Waals surface area (Å²) in [6.07, 6.45) is 1.85. The molecule has 0 aliphatic heterocycles. The second kappa shape index (κ2) is 6.30. The summed E-state index contributed by atoms with van der Waals surface area (Å²) in [5.74, 6) is -0.336. The first-order valence-electron chi connectivity index (χ1n) is 6.68. The lowest BCUT2D eigenvalue weighted by atomic mass is 10.1. The van der Waals surface area contributed by atoms with E-state index in [4.69, 9.17) is 14.6 Å². The number of fused-ring (bicyclic) bond motifs is 1. The Kier molecular flexibility index (Phi) is 4.47. The lowest BCUT2D eigenvalue weighted by molar-refractivity contribution is 0.0695. The van der Waals surface area contributed by atoms with Gasteiger partial charge in [0.25, 0.3) is 5.56 Å². The Bertz CT molecular complexity index is 720. The van der Waals surface area contributed by atoms with Gasteiger partial charge in [0.15, 0.2) is 11.5 Å². The second-order valence-electron chi connectivity index (χ2n) is 4.58. The van der Waals surface area contributed by atoms with Gasteiger partial charge in [0.05, 0.1) is 19.2 Å². The molecule has 1 heterocycles. The van der Waals surface area contributed by atoms with Crippen molar-refractivity contribution in [3.8, 4) is 11.5 Å². The standard InChI is InChI=1S/C15H17NO5/c1-3-4-7-21-13-11(20-2)6-5-9-8-10(15(18)19)14(17)16-12(9)13/h5-6,8H,3-4,7H2,1-2H3,(H,16,17)(H,18,19). The Morgan fingerprint density at radius 1 is 1.38 bits per heavy atom. The zero-order valence-corrected chi connectivity index (χ0v) is 11.9. The van der Waals surface area contributed by atoms with Crippen molar-refractivity contribution >= 4 is 16.9 Å². The summed E-state index contributed by atoms with van der Waals surface area (Å²) in [4.78, 5) is 25.4. The van der Waals surface area contributed by atoms with Gasteiger partial charge in [0.2, 0.25) is 0 Å². The van der Waals surface area contributed by atoms with Crippen molar-refractivity contribution in [2.24, 2.45) is 0 Å². The van der Waals surface area contributed by atoms with Gasteiger partial charge in [0, 0.05) is 5.39 Å². The van der Waals surface area contributed by atoms with Crippen LogP contribution in [0.2, 0.25) is 0 Å². The number of methoxy groups -OCH3 is 1. The van der Waals surface area contributed by atoms with E-state index in [0.717, 1.165) is 12.8 Å². The van der Waals surface area contributed by atoms with Crippen LogP contribution in [0.4, 0.5) is 0 Å². The molecule has 6 nitrogen and oxygen atoms in total. The van der Waals surface area contributed by atoms with E-state index in [1.54, 1.807) is 12.1 Å². The number of carboxylic acid groups (broad SMARTS) is 1. The van der Waals surface area contributed by atoms with E-state index in [2.05, 4.69) is 4.98 Å². The van der Waals surface area contributed by atoms with Gasteiger partial charge in [0.1, 0.15) is 5.56 Å². The van der Waals surface area contributed by atoms with E-state index < -0.39 is 11.5 Å². The van der Waals surface area contributed by atoms with Gasteiger partial charge in [-0.05, 0) is 24.6 Å². The normalized spacial score (nSPS) is 10.6. The summed E-state index contributed by atoms with van der Waals surface area (Å²) in [6.45, 7) is 2.54. The lowest BCUT2D eigenvalue weighted by Gasteiger charge is -2.13. The van der Waals surface area contributed by atoms with Crippen LogP contribution in [0.5, 0.6) is 11.5 Å². The number of aromatic amines is 1. The lowest BCUT2D eigenvalue weighted by Crippen LogP contribution is -2.17. The van der Waals surface area contributed by atoms with Crippen molar-refractivity contribution in [1.29, 1.82) is 0 Å². The Morgan fingerprint density at radius 2 is 2.14 bits per heavy atom. The first kappa shape index (κ1) is 14.9. The molecular weight excluding hydrogens is 274 g/mol. The molecule has 0 saturated carbocycles. The number of pyridine rings is 1. The van der Waals surface area contributed by atoms with E-state index in [1.165, 1.54) is 13.2 Å². The average molecular weight is 291 g/mol. The summed E-state index contributed by atoms with van der Waals surface area (Å²) >= 11 is 0. The van der Waals surface area contributed by atoms with Gasteiger partial charge in [-0.1, -0.05) is 13.3 Å². The summed E-state index contributed by atoms with van der Waals surface area (Å²) in [7, 11) is 1.51. The van der Waals surface area contributed by atoms with Crippen LogP contribution in [-0.2, 0) is 0 Å². The molecule has 0 radical (unpaired) electrons.